The number of piperidine rings is 2. The monoisotopic (exact) mass is 252 g/mol. The second kappa shape index (κ2) is 6.91. The molecule has 0 aliphatic carbocycles. The maximum absolute atomic E-state index is 3.52. The first-order valence-corrected chi connectivity index (χ1v) is 8.21. The van der Waals surface area contributed by atoms with Gasteiger partial charge in [-0.15, -0.1) is 0 Å². The molecule has 0 radical (unpaired) electrons. The number of hydrogen-bond donors (Lipinski definition) is 1. The van der Waals surface area contributed by atoms with Crippen molar-refractivity contribution in [3.8, 4) is 0 Å². The van der Waals surface area contributed by atoms with Crippen LogP contribution in [0.5, 0.6) is 0 Å². The highest BCUT2D eigenvalue weighted by molar-refractivity contribution is 4.87. The van der Waals surface area contributed by atoms with Crippen molar-refractivity contribution in [2.45, 2.75) is 58.8 Å². The quantitative estimate of drug-likeness (QED) is 0.808. The summed E-state index contributed by atoms with van der Waals surface area (Å²) in [5.74, 6) is 1.02. The lowest BCUT2D eigenvalue weighted by Gasteiger charge is -2.43. The highest BCUT2D eigenvalue weighted by Gasteiger charge is 2.33. The SMILES string of the molecule is CCCC1CCN(CC2(CC)CCNCC2)CC1. The molecule has 2 nitrogen and oxygen atoms in total. The van der Waals surface area contributed by atoms with Crippen LogP contribution < -0.4 is 5.32 Å². The third-order valence-corrected chi connectivity index (χ3v) is 5.38. The largest absolute Gasteiger partial charge is 0.317 e. The number of rotatable bonds is 5. The maximum atomic E-state index is 3.52. The molecule has 1 N–H and O–H groups in total. The third kappa shape index (κ3) is 3.71. The van der Waals surface area contributed by atoms with Crippen LogP contribution in [0, 0.1) is 11.3 Å². The fourth-order valence-corrected chi connectivity index (χ4v) is 3.90. The van der Waals surface area contributed by atoms with Crippen molar-refractivity contribution in [3.63, 3.8) is 0 Å². The van der Waals surface area contributed by atoms with Gasteiger partial charge in [0.25, 0.3) is 0 Å². The average Bonchev–Trinajstić information content (AvgIpc) is 2.42. The topological polar surface area (TPSA) is 15.3 Å². The second-order valence-corrected chi connectivity index (χ2v) is 6.61. The molecular weight excluding hydrogens is 220 g/mol. The summed E-state index contributed by atoms with van der Waals surface area (Å²) in [7, 11) is 0. The third-order valence-electron chi connectivity index (χ3n) is 5.38. The van der Waals surface area contributed by atoms with E-state index in [1.165, 1.54) is 77.7 Å². The maximum Gasteiger partial charge on any atom is 0.00388 e. The van der Waals surface area contributed by atoms with Gasteiger partial charge < -0.3 is 10.2 Å². The highest BCUT2D eigenvalue weighted by atomic mass is 15.1. The van der Waals surface area contributed by atoms with Crippen LogP contribution in [0.25, 0.3) is 0 Å². The zero-order valence-corrected chi connectivity index (χ0v) is 12.5. The molecule has 2 rings (SSSR count). The van der Waals surface area contributed by atoms with Crippen LogP contribution in [0.15, 0.2) is 0 Å². The number of likely N-dealkylation sites (tertiary alicyclic amines) is 1. The Morgan fingerprint density at radius 3 is 2.33 bits per heavy atom. The Hall–Kier alpha value is -0.0800. The smallest absolute Gasteiger partial charge is 0.00388 e. The van der Waals surface area contributed by atoms with Gasteiger partial charge in [0, 0.05) is 6.54 Å². The van der Waals surface area contributed by atoms with E-state index in [1.807, 2.05) is 0 Å². The summed E-state index contributed by atoms with van der Waals surface area (Å²) in [6.07, 6.45) is 9.87. The molecule has 2 fully saturated rings. The van der Waals surface area contributed by atoms with Crippen molar-refractivity contribution >= 4 is 0 Å². The summed E-state index contributed by atoms with van der Waals surface area (Å²) >= 11 is 0. The Morgan fingerprint density at radius 1 is 1.11 bits per heavy atom. The fourth-order valence-electron chi connectivity index (χ4n) is 3.90. The lowest BCUT2D eigenvalue weighted by atomic mass is 9.75. The Bertz CT molecular complexity index is 225. The van der Waals surface area contributed by atoms with Crippen LogP contribution >= 0.6 is 0 Å². The summed E-state index contributed by atoms with van der Waals surface area (Å²) < 4.78 is 0. The van der Waals surface area contributed by atoms with Gasteiger partial charge in [-0.05, 0) is 69.6 Å². The van der Waals surface area contributed by atoms with Crippen LogP contribution in [0.1, 0.15) is 58.8 Å². The summed E-state index contributed by atoms with van der Waals surface area (Å²) in [5, 5.41) is 3.52. The minimum atomic E-state index is 0.628. The number of hydrogen-bond acceptors (Lipinski definition) is 2. The standard InChI is InChI=1S/C16H32N2/c1-3-5-15-6-12-18(13-7-15)14-16(4-2)8-10-17-11-9-16/h15,17H,3-14H2,1-2H3. The molecule has 106 valence electrons. The van der Waals surface area contributed by atoms with Crippen molar-refractivity contribution in [3.05, 3.63) is 0 Å². The molecule has 0 atom stereocenters. The first kappa shape index (κ1) is 14.3. The molecule has 0 unspecified atom stereocenters. The molecule has 0 aromatic carbocycles. The van der Waals surface area contributed by atoms with E-state index in [0.717, 1.165) is 5.92 Å². The average molecular weight is 252 g/mol. The molecule has 0 aromatic heterocycles. The molecule has 2 saturated heterocycles. The molecule has 18 heavy (non-hydrogen) atoms. The predicted octanol–water partition coefficient (Wildman–Crippen LogP) is 3.28. The van der Waals surface area contributed by atoms with E-state index < -0.39 is 0 Å². The first-order chi connectivity index (χ1) is 8.78. The van der Waals surface area contributed by atoms with Crippen LogP contribution in [-0.4, -0.2) is 37.6 Å². The molecule has 0 amide bonds. The second-order valence-electron chi connectivity index (χ2n) is 6.61. The Labute approximate surface area is 114 Å². The van der Waals surface area contributed by atoms with Crippen molar-refractivity contribution in [2.75, 3.05) is 32.7 Å². The van der Waals surface area contributed by atoms with E-state index in [4.69, 9.17) is 0 Å². The van der Waals surface area contributed by atoms with Gasteiger partial charge >= 0.3 is 0 Å². The van der Waals surface area contributed by atoms with Crippen molar-refractivity contribution in [2.24, 2.45) is 11.3 Å². The lowest BCUT2D eigenvalue weighted by molar-refractivity contribution is 0.0792. The number of nitrogens with zero attached hydrogens (tertiary/aromatic N) is 1. The zero-order chi connectivity index (χ0) is 12.8. The molecule has 2 heteroatoms. The van der Waals surface area contributed by atoms with Crippen LogP contribution in [0.2, 0.25) is 0 Å². The minimum absolute atomic E-state index is 0.628. The van der Waals surface area contributed by atoms with Crippen LogP contribution in [0.4, 0.5) is 0 Å². The molecule has 2 aliphatic heterocycles. The van der Waals surface area contributed by atoms with E-state index in [2.05, 4.69) is 24.1 Å². The van der Waals surface area contributed by atoms with Gasteiger partial charge in [-0.3, -0.25) is 0 Å². The van der Waals surface area contributed by atoms with Gasteiger partial charge in [0.15, 0.2) is 0 Å². The van der Waals surface area contributed by atoms with Crippen molar-refractivity contribution in [1.82, 2.24) is 10.2 Å². The van der Waals surface area contributed by atoms with E-state index in [0.29, 0.717) is 5.41 Å². The lowest BCUT2D eigenvalue weighted by Crippen LogP contribution is -2.46. The molecule has 0 saturated carbocycles. The molecule has 2 aliphatic rings. The van der Waals surface area contributed by atoms with E-state index in [9.17, 15) is 0 Å². The van der Waals surface area contributed by atoms with Gasteiger partial charge in [0.1, 0.15) is 0 Å². The molecule has 0 aromatic rings. The van der Waals surface area contributed by atoms with Gasteiger partial charge in [-0.2, -0.15) is 0 Å². The van der Waals surface area contributed by atoms with Crippen molar-refractivity contribution in [1.29, 1.82) is 0 Å². The Morgan fingerprint density at radius 2 is 1.78 bits per heavy atom. The normalized spacial score (nSPS) is 26.3. The molecule has 2 heterocycles. The fraction of sp³-hybridized carbons (Fsp3) is 1.00. The van der Waals surface area contributed by atoms with Gasteiger partial charge in [-0.25, -0.2) is 0 Å². The highest BCUT2D eigenvalue weighted by Crippen LogP contribution is 2.34. The Balaban J connectivity index is 1.79. The van der Waals surface area contributed by atoms with Crippen molar-refractivity contribution < 1.29 is 0 Å². The van der Waals surface area contributed by atoms with E-state index in [1.54, 1.807) is 0 Å². The Kier molecular flexibility index (Phi) is 5.50. The minimum Gasteiger partial charge on any atom is -0.317 e. The summed E-state index contributed by atoms with van der Waals surface area (Å²) in [5.41, 5.74) is 0.628. The van der Waals surface area contributed by atoms with Gasteiger partial charge in [0.05, 0.1) is 0 Å². The van der Waals surface area contributed by atoms with Gasteiger partial charge in [0.2, 0.25) is 0 Å². The molecule has 0 spiro atoms. The van der Waals surface area contributed by atoms with E-state index in [-0.39, 0.29) is 0 Å². The summed E-state index contributed by atoms with van der Waals surface area (Å²) in [4.78, 5) is 2.76. The zero-order valence-electron chi connectivity index (χ0n) is 12.5. The first-order valence-electron chi connectivity index (χ1n) is 8.21. The molecular formula is C16H32N2. The van der Waals surface area contributed by atoms with Gasteiger partial charge in [-0.1, -0.05) is 26.7 Å². The summed E-state index contributed by atoms with van der Waals surface area (Å²) in [6.45, 7) is 11.3. The predicted molar refractivity (Wildman–Crippen MR) is 78.9 cm³/mol. The molecule has 0 bridgehead atoms. The summed E-state index contributed by atoms with van der Waals surface area (Å²) in [6, 6.07) is 0. The number of nitrogens with one attached hydrogen (secondary N) is 1. The van der Waals surface area contributed by atoms with Crippen LogP contribution in [0.3, 0.4) is 0 Å². The van der Waals surface area contributed by atoms with Crippen LogP contribution in [-0.2, 0) is 0 Å². The van der Waals surface area contributed by atoms with E-state index >= 15 is 0 Å².